The fourth-order valence-electron chi connectivity index (χ4n) is 2.47. The second-order valence-electron chi connectivity index (χ2n) is 5.40. The van der Waals surface area contributed by atoms with Crippen LogP contribution < -0.4 is 5.56 Å². The van der Waals surface area contributed by atoms with Crippen molar-refractivity contribution in [1.82, 2.24) is 14.5 Å². The summed E-state index contributed by atoms with van der Waals surface area (Å²) < 4.78 is 53.3. The molecule has 3 aromatic rings. The van der Waals surface area contributed by atoms with Crippen LogP contribution in [0.15, 0.2) is 35.5 Å². The van der Waals surface area contributed by atoms with E-state index < -0.39 is 17.6 Å². The van der Waals surface area contributed by atoms with Crippen LogP contribution in [0.25, 0.3) is 22.2 Å². The zero-order valence-corrected chi connectivity index (χ0v) is 12.6. The van der Waals surface area contributed by atoms with Crippen LogP contribution in [-0.2, 0) is 13.2 Å². The number of nitrogens with zero attached hydrogens (tertiary/aromatic N) is 3. The molecule has 0 amide bonds. The van der Waals surface area contributed by atoms with Gasteiger partial charge in [0.25, 0.3) is 5.56 Å². The first-order valence-corrected chi connectivity index (χ1v) is 6.87. The van der Waals surface area contributed by atoms with Crippen LogP contribution in [0, 0.1) is 12.7 Å². The summed E-state index contributed by atoms with van der Waals surface area (Å²) in [5, 5.41) is 0.684. The van der Waals surface area contributed by atoms with Crippen molar-refractivity contribution in [1.29, 1.82) is 0 Å². The average Bonchev–Trinajstić information content (AvgIpc) is 2.51. The van der Waals surface area contributed by atoms with Gasteiger partial charge in [0.15, 0.2) is 5.82 Å². The number of hydrogen-bond acceptors (Lipinski definition) is 3. The molecular formula is C16H11F4N3O. The lowest BCUT2D eigenvalue weighted by molar-refractivity contribution is -0.138. The van der Waals surface area contributed by atoms with Crippen molar-refractivity contribution in [3.8, 4) is 11.4 Å². The summed E-state index contributed by atoms with van der Waals surface area (Å²) in [6.07, 6.45) is -1.77. The Balaban J connectivity index is 2.20. The summed E-state index contributed by atoms with van der Waals surface area (Å²) in [7, 11) is 1.56. The van der Waals surface area contributed by atoms with Crippen LogP contribution in [0.1, 0.15) is 11.1 Å². The largest absolute Gasteiger partial charge is 0.419 e. The van der Waals surface area contributed by atoms with Gasteiger partial charge in [-0.15, -0.1) is 0 Å². The second kappa shape index (κ2) is 5.40. The third-order valence-corrected chi connectivity index (χ3v) is 3.69. The SMILES string of the molecule is Cc1cn(C)c(=O)c2cc(F)c(-c3ncc(C(F)(F)F)cn3)cc12. The molecule has 0 saturated carbocycles. The topological polar surface area (TPSA) is 47.8 Å². The van der Waals surface area contributed by atoms with E-state index in [4.69, 9.17) is 0 Å². The van der Waals surface area contributed by atoms with Crippen LogP contribution in [0.5, 0.6) is 0 Å². The molecule has 0 aliphatic heterocycles. The first-order valence-electron chi connectivity index (χ1n) is 6.87. The van der Waals surface area contributed by atoms with E-state index >= 15 is 0 Å². The number of halogens is 4. The summed E-state index contributed by atoms with van der Waals surface area (Å²) >= 11 is 0. The van der Waals surface area contributed by atoms with E-state index in [1.54, 1.807) is 20.2 Å². The number of pyridine rings is 1. The highest BCUT2D eigenvalue weighted by Crippen LogP contribution is 2.30. The first-order chi connectivity index (χ1) is 11.2. The standard InChI is InChI=1S/C16H11F4N3O/c1-8-7-23(2)15(24)11-4-13(17)12(3-10(8)11)14-21-5-9(6-22-14)16(18,19)20/h3-7H,1-2H3. The van der Waals surface area contributed by atoms with Crippen molar-refractivity contribution in [3.63, 3.8) is 0 Å². The van der Waals surface area contributed by atoms with Crippen molar-refractivity contribution >= 4 is 10.8 Å². The molecule has 2 heterocycles. The highest BCUT2D eigenvalue weighted by molar-refractivity contribution is 5.88. The maximum Gasteiger partial charge on any atom is 0.419 e. The van der Waals surface area contributed by atoms with E-state index in [0.29, 0.717) is 17.8 Å². The quantitative estimate of drug-likeness (QED) is 0.639. The van der Waals surface area contributed by atoms with Crippen molar-refractivity contribution in [2.75, 3.05) is 0 Å². The molecule has 0 fully saturated rings. The number of fused-ring (bicyclic) bond motifs is 1. The highest BCUT2D eigenvalue weighted by Gasteiger charge is 2.31. The van der Waals surface area contributed by atoms with Gasteiger partial charge in [-0.1, -0.05) is 0 Å². The fourth-order valence-corrected chi connectivity index (χ4v) is 2.47. The summed E-state index contributed by atoms with van der Waals surface area (Å²) in [6.45, 7) is 1.75. The molecule has 0 saturated heterocycles. The molecule has 0 atom stereocenters. The Labute approximate surface area is 133 Å². The molecule has 24 heavy (non-hydrogen) atoms. The number of benzene rings is 1. The van der Waals surface area contributed by atoms with Gasteiger partial charge in [-0.05, 0) is 30.0 Å². The van der Waals surface area contributed by atoms with Crippen LogP contribution in [0.4, 0.5) is 17.6 Å². The van der Waals surface area contributed by atoms with E-state index in [2.05, 4.69) is 9.97 Å². The number of aryl methyl sites for hydroxylation is 2. The molecule has 4 nitrogen and oxygen atoms in total. The van der Waals surface area contributed by atoms with Gasteiger partial charge in [-0.3, -0.25) is 4.79 Å². The predicted octanol–water partition coefficient (Wildman–Crippen LogP) is 3.46. The fraction of sp³-hybridized carbons (Fsp3) is 0.188. The summed E-state index contributed by atoms with van der Waals surface area (Å²) in [5.74, 6) is -0.951. The zero-order chi connectivity index (χ0) is 17.6. The molecule has 1 aromatic carbocycles. The van der Waals surface area contributed by atoms with Gasteiger partial charge >= 0.3 is 6.18 Å². The Morgan fingerprint density at radius 3 is 2.29 bits per heavy atom. The minimum atomic E-state index is -4.57. The molecule has 0 bridgehead atoms. The van der Waals surface area contributed by atoms with E-state index in [1.807, 2.05) is 0 Å². The van der Waals surface area contributed by atoms with E-state index in [0.717, 1.165) is 11.6 Å². The molecule has 2 aromatic heterocycles. The molecule has 0 unspecified atom stereocenters. The second-order valence-corrected chi connectivity index (χ2v) is 5.40. The van der Waals surface area contributed by atoms with Crippen molar-refractivity contribution in [2.45, 2.75) is 13.1 Å². The van der Waals surface area contributed by atoms with Crippen LogP contribution in [0.3, 0.4) is 0 Å². The van der Waals surface area contributed by atoms with Crippen LogP contribution in [0.2, 0.25) is 0 Å². The monoisotopic (exact) mass is 337 g/mol. The molecule has 0 N–H and O–H groups in total. The number of rotatable bonds is 1. The Bertz CT molecular complexity index is 991. The first kappa shape index (κ1) is 16.1. The lowest BCUT2D eigenvalue weighted by Gasteiger charge is -2.10. The summed E-state index contributed by atoms with van der Waals surface area (Å²) in [5.41, 5.74) is -0.722. The molecule has 0 radical (unpaired) electrons. The van der Waals surface area contributed by atoms with Gasteiger partial charge in [0.2, 0.25) is 0 Å². The third kappa shape index (κ3) is 2.64. The Morgan fingerprint density at radius 1 is 1.08 bits per heavy atom. The Kier molecular flexibility index (Phi) is 3.62. The highest BCUT2D eigenvalue weighted by atomic mass is 19.4. The van der Waals surface area contributed by atoms with Gasteiger partial charge in [0.05, 0.1) is 16.5 Å². The molecule has 8 heteroatoms. The molecule has 124 valence electrons. The predicted molar refractivity (Wildman–Crippen MR) is 79.9 cm³/mol. The van der Waals surface area contributed by atoms with Gasteiger partial charge in [0.1, 0.15) is 5.82 Å². The average molecular weight is 337 g/mol. The van der Waals surface area contributed by atoms with Crippen LogP contribution in [-0.4, -0.2) is 14.5 Å². The maximum absolute atomic E-state index is 14.3. The maximum atomic E-state index is 14.3. The van der Waals surface area contributed by atoms with E-state index in [-0.39, 0.29) is 22.3 Å². The number of hydrogen-bond donors (Lipinski definition) is 0. The molecule has 0 aliphatic rings. The number of aromatic nitrogens is 3. The lowest BCUT2D eigenvalue weighted by Crippen LogP contribution is -2.17. The smallest absolute Gasteiger partial charge is 0.318 e. The summed E-state index contributed by atoms with van der Waals surface area (Å²) in [6, 6.07) is 2.44. The molecule has 0 aliphatic carbocycles. The zero-order valence-electron chi connectivity index (χ0n) is 12.6. The van der Waals surface area contributed by atoms with Crippen molar-refractivity contribution < 1.29 is 17.6 Å². The molecule has 0 spiro atoms. The minimum Gasteiger partial charge on any atom is -0.318 e. The van der Waals surface area contributed by atoms with Gasteiger partial charge in [0, 0.05) is 25.6 Å². The van der Waals surface area contributed by atoms with Crippen LogP contribution >= 0.6 is 0 Å². The normalized spacial score (nSPS) is 11.9. The summed E-state index contributed by atoms with van der Waals surface area (Å²) in [4.78, 5) is 19.3. The van der Waals surface area contributed by atoms with E-state index in [1.165, 1.54) is 10.6 Å². The van der Waals surface area contributed by atoms with Gasteiger partial charge in [-0.25, -0.2) is 14.4 Å². The van der Waals surface area contributed by atoms with Gasteiger partial charge < -0.3 is 4.57 Å². The Hall–Kier alpha value is -2.77. The molecule has 3 rings (SSSR count). The molecular weight excluding hydrogens is 326 g/mol. The Morgan fingerprint density at radius 2 is 1.71 bits per heavy atom. The lowest BCUT2D eigenvalue weighted by atomic mass is 10.0. The van der Waals surface area contributed by atoms with Crippen molar-refractivity contribution in [2.24, 2.45) is 7.05 Å². The van der Waals surface area contributed by atoms with Crippen molar-refractivity contribution in [3.05, 3.63) is 58.0 Å². The number of alkyl halides is 3. The van der Waals surface area contributed by atoms with E-state index in [9.17, 15) is 22.4 Å². The van der Waals surface area contributed by atoms with Gasteiger partial charge in [-0.2, -0.15) is 13.2 Å². The minimum absolute atomic E-state index is 0.0624. The third-order valence-electron chi connectivity index (χ3n) is 3.69.